The van der Waals surface area contributed by atoms with E-state index in [1.807, 2.05) is 30.3 Å². The summed E-state index contributed by atoms with van der Waals surface area (Å²) in [6.07, 6.45) is 0.550. The second kappa shape index (κ2) is 8.66. The second-order valence-electron chi connectivity index (χ2n) is 7.60. The van der Waals surface area contributed by atoms with Crippen molar-refractivity contribution in [3.63, 3.8) is 0 Å². The van der Waals surface area contributed by atoms with Gasteiger partial charge in [0.2, 0.25) is 0 Å². The average Bonchev–Trinajstić information content (AvgIpc) is 2.75. The van der Waals surface area contributed by atoms with Gasteiger partial charge in [-0.05, 0) is 26.3 Å². The number of rotatable bonds is 5. The van der Waals surface area contributed by atoms with Crippen LogP contribution in [-0.4, -0.2) is 59.7 Å². The van der Waals surface area contributed by atoms with E-state index < -0.39 is 17.3 Å². The van der Waals surface area contributed by atoms with E-state index in [1.165, 1.54) is 11.0 Å². The van der Waals surface area contributed by atoms with Crippen molar-refractivity contribution < 1.29 is 24.1 Å². The van der Waals surface area contributed by atoms with Crippen molar-refractivity contribution in [2.75, 3.05) is 26.3 Å². The number of hydrogen-bond donors (Lipinski definition) is 1. The van der Waals surface area contributed by atoms with Crippen LogP contribution >= 0.6 is 0 Å². The van der Waals surface area contributed by atoms with Gasteiger partial charge in [-0.1, -0.05) is 36.4 Å². The Morgan fingerprint density at radius 2 is 2.12 bits per heavy atom. The third-order valence-corrected chi connectivity index (χ3v) is 3.90. The topological polar surface area (TPSA) is 68.2 Å². The average molecular weight is 363 g/mol. The van der Waals surface area contributed by atoms with Crippen LogP contribution in [0.2, 0.25) is 0 Å². The molecule has 1 heterocycles. The lowest BCUT2D eigenvalue weighted by Crippen LogP contribution is -2.47. The molecule has 2 rings (SSSR count). The van der Waals surface area contributed by atoms with E-state index in [9.17, 15) is 9.90 Å². The molecule has 0 aromatic heterocycles. The van der Waals surface area contributed by atoms with Gasteiger partial charge in [0.1, 0.15) is 11.2 Å². The summed E-state index contributed by atoms with van der Waals surface area (Å²) in [5.74, 6) is 0. The Kier molecular flexibility index (Phi) is 6.81. The molecule has 6 heteroatoms. The molecule has 1 aromatic rings. The molecular formula is C20H29NO5. The third-order valence-electron chi connectivity index (χ3n) is 3.90. The van der Waals surface area contributed by atoms with Crippen LogP contribution < -0.4 is 0 Å². The van der Waals surface area contributed by atoms with Crippen molar-refractivity contribution in [2.45, 2.75) is 44.7 Å². The molecule has 0 aliphatic carbocycles. The van der Waals surface area contributed by atoms with Crippen molar-refractivity contribution in [2.24, 2.45) is 0 Å². The summed E-state index contributed by atoms with van der Waals surface area (Å²) < 4.78 is 16.9. The first-order chi connectivity index (χ1) is 12.2. The number of carbonyl (C=O) groups excluding carboxylic acids is 1. The number of β-amino-alcohol motifs (C(OH)–C–C–N with tert-alkyl or cyclic N) is 1. The zero-order chi connectivity index (χ0) is 19.2. The number of aliphatic hydroxyl groups is 1. The molecule has 1 aliphatic heterocycles. The molecule has 1 aromatic carbocycles. The van der Waals surface area contributed by atoms with Gasteiger partial charge in [-0.3, -0.25) is 0 Å². The molecule has 26 heavy (non-hydrogen) atoms. The Morgan fingerprint density at radius 1 is 1.42 bits per heavy atom. The van der Waals surface area contributed by atoms with Crippen LogP contribution in [0.3, 0.4) is 0 Å². The SMILES string of the molecule is C=CC1(O)CO[C@H](COCc2ccccc2)CN(C(=O)OC(C)(C)C)C1. The van der Waals surface area contributed by atoms with Crippen LogP contribution in [0.5, 0.6) is 0 Å². The molecule has 0 radical (unpaired) electrons. The smallest absolute Gasteiger partial charge is 0.410 e. The van der Waals surface area contributed by atoms with E-state index in [2.05, 4.69) is 6.58 Å². The number of nitrogens with zero attached hydrogens (tertiary/aromatic N) is 1. The highest BCUT2D eigenvalue weighted by molar-refractivity contribution is 5.68. The van der Waals surface area contributed by atoms with Gasteiger partial charge in [0, 0.05) is 0 Å². The Hall–Kier alpha value is -1.89. The minimum atomic E-state index is -1.31. The molecule has 1 amide bonds. The maximum absolute atomic E-state index is 12.5. The van der Waals surface area contributed by atoms with Gasteiger partial charge in [-0.25, -0.2) is 4.79 Å². The van der Waals surface area contributed by atoms with Crippen LogP contribution in [0.1, 0.15) is 26.3 Å². The number of carbonyl (C=O) groups is 1. The highest BCUT2D eigenvalue weighted by atomic mass is 16.6. The normalized spacial score (nSPS) is 24.0. The largest absolute Gasteiger partial charge is 0.444 e. The first-order valence-corrected chi connectivity index (χ1v) is 8.78. The predicted octanol–water partition coefficient (Wildman–Crippen LogP) is 2.76. The molecule has 144 valence electrons. The Morgan fingerprint density at radius 3 is 2.73 bits per heavy atom. The van der Waals surface area contributed by atoms with Gasteiger partial charge >= 0.3 is 6.09 Å². The molecule has 1 N–H and O–H groups in total. The van der Waals surface area contributed by atoms with Gasteiger partial charge in [0.15, 0.2) is 0 Å². The van der Waals surface area contributed by atoms with Crippen molar-refractivity contribution >= 4 is 6.09 Å². The summed E-state index contributed by atoms with van der Waals surface area (Å²) in [5.41, 5.74) is -0.867. The monoisotopic (exact) mass is 363 g/mol. The summed E-state index contributed by atoms with van der Waals surface area (Å²) in [4.78, 5) is 13.9. The quantitative estimate of drug-likeness (QED) is 0.815. The zero-order valence-corrected chi connectivity index (χ0v) is 15.8. The lowest BCUT2D eigenvalue weighted by molar-refractivity contribution is -0.0553. The van der Waals surface area contributed by atoms with E-state index in [-0.39, 0.29) is 25.8 Å². The molecule has 2 atom stereocenters. The first kappa shape index (κ1) is 20.4. The molecule has 6 nitrogen and oxygen atoms in total. The summed E-state index contributed by atoms with van der Waals surface area (Å²) >= 11 is 0. The minimum Gasteiger partial charge on any atom is -0.444 e. The van der Waals surface area contributed by atoms with Gasteiger partial charge in [-0.2, -0.15) is 0 Å². The fourth-order valence-corrected chi connectivity index (χ4v) is 2.57. The molecule has 1 unspecified atom stereocenters. The fraction of sp³-hybridized carbons (Fsp3) is 0.550. The van der Waals surface area contributed by atoms with Crippen LogP contribution in [0, 0.1) is 0 Å². The van der Waals surface area contributed by atoms with Crippen molar-refractivity contribution in [3.05, 3.63) is 48.6 Å². The van der Waals surface area contributed by atoms with E-state index in [0.29, 0.717) is 13.2 Å². The van der Waals surface area contributed by atoms with E-state index in [1.54, 1.807) is 20.8 Å². The number of amides is 1. The Labute approximate surface area is 155 Å². The molecule has 1 saturated heterocycles. The van der Waals surface area contributed by atoms with Gasteiger partial charge in [0.05, 0.1) is 39.0 Å². The van der Waals surface area contributed by atoms with Crippen LogP contribution in [-0.2, 0) is 20.8 Å². The van der Waals surface area contributed by atoms with Gasteiger partial charge in [-0.15, -0.1) is 6.58 Å². The van der Waals surface area contributed by atoms with Crippen LogP contribution in [0.4, 0.5) is 4.79 Å². The Bertz CT molecular complexity index is 598. The van der Waals surface area contributed by atoms with Gasteiger partial charge < -0.3 is 24.2 Å². The summed E-state index contributed by atoms with van der Waals surface area (Å²) in [6, 6.07) is 9.83. The van der Waals surface area contributed by atoms with Crippen molar-refractivity contribution in [3.8, 4) is 0 Å². The van der Waals surface area contributed by atoms with Crippen LogP contribution in [0.15, 0.2) is 43.0 Å². The Balaban J connectivity index is 1.98. The molecule has 1 aliphatic rings. The predicted molar refractivity (Wildman–Crippen MR) is 98.8 cm³/mol. The van der Waals surface area contributed by atoms with Crippen molar-refractivity contribution in [1.82, 2.24) is 4.90 Å². The van der Waals surface area contributed by atoms with E-state index >= 15 is 0 Å². The lowest BCUT2D eigenvalue weighted by atomic mass is 10.1. The van der Waals surface area contributed by atoms with Gasteiger partial charge in [0.25, 0.3) is 0 Å². The number of benzene rings is 1. The summed E-state index contributed by atoms with van der Waals surface area (Å²) in [7, 11) is 0. The maximum Gasteiger partial charge on any atom is 0.410 e. The summed E-state index contributed by atoms with van der Waals surface area (Å²) in [6.45, 7) is 10.2. The van der Waals surface area contributed by atoms with E-state index in [4.69, 9.17) is 14.2 Å². The highest BCUT2D eigenvalue weighted by Crippen LogP contribution is 2.20. The molecular weight excluding hydrogens is 334 g/mol. The standard InChI is InChI=1S/C20H29NO5/c1-5-20(23)14-21(18(22)26-19(2,3)4)11-17(25-15-20)13-24-12-16-9-7-6-8-10-16/h5-10,17,23H,1,11-15H2,2-4H3/t17-,20?/m0/s1. The summed E-state index contributed by atoms with van der Waals surface area (Å²) in [5, 5.41) is 10.6. The molecule has 0 saturated carbocycles. The molecule has 0 spiro atoms. The first-order valence-electron chi connectivity index (χ1n) is 8.78. The lowest BCUT2D eigenvalue weighted by Gasteiger charge is -2.30. The molecule has 1 fully saturated rings. The fourth-order valence-electron chi connectivity index (χ4n) is 2.57. The zero-order valence-electron chi connectivity index (χ0n) is 15.8. The highest BCUT2D eigenvalue weighted by Gasteiger charge is 2.36. The third kappa shape index (κ3) is 6.44. The number of ether oxygens (including phenoxy) is 3. The van der Waals surface area contributed by atoms with E-state index in [0.717, 1.165) is 5.56 Å². The van der Waals surface area contributed by atoms with Crippen LogP contribution in [0.25, 0.3) is 0 Å². The van der Waals surface area contributed by atoms with Crippen molar-refractivity contribution in [1.29, 1.82) is 0 Å². The maximum atomic E-state index is 12.5. The molecule has 0 bridgehead atoms. The second-order valence-corrected chi connectivity index (χ2v) is 7.60. The minimum absolute atomic E-state index is 0.0508. The number of hydrogen-bond acceptors (Lipinski definition) is 5.